The lowest BCUT2D eigenvalue weighted by Gasteiger charge is -2.21. The van der Waals surface area contributed by atoms with E-state index in [1.54, 1.807) is 24.0 Å². The van der Waals surface area contributed by atoms with Crippen LogP contribution in [0.2, 0.25) is 5.02 Å². The largest absolute Gasteiger partial charge is 0.309 e. The van der Waals surface area contributed by atoms with Gasteiger partial charge >= 0.3 is 0 Å². The number of benzene rings is 2. The van der Waals surface area contributed by atoms with Gasteiger partial charge in [-0.15, -0.1) is 12.4 Å². The van der Waals surface area contributed by atoms with Crippen LogP contribution in [0.15, 0.2) is 30.3 Å². The molecule has 0 unspecified atom stereocenters. The Morgan fingerprint density at radius 2 is 1.87 bits per heavy atom. The van der Waals surface area contributed by atoms with E-state index in [9.17, 15) is 14.9 Å². The second-order valence-electron chi connectivity index (χ2n) is 7.34. The standard InChI is InChI=1S/C21H23ClN4O3S.ClH/c1-13-15(7-5-8-17(13)26(28)29)20(27)25(12-6-11-24(3)4)21-23-19-14(2)16(22)9-10-18(19)30-21;/h5,7-10H,6,11-12H2,1-4H3;1H. The zero-order chi connectivity index (χ0) is 22.0. The Morgan fingerprint density at radius 3 is 2.52 bits per heavy atom. The van der Waals surface area contributed by atoms with Gasteiger partial charge in [0.15, 0.2) is 5.13 Å². The maximum absolute atomic E-state index is 13.5. The molecule has 0 saturated carbocycles. The van der Waals surface area contributed by atoms with Gasteiger partial charge in [0.05, 0.1) is 15.1 Å². The first-order valence-corrected chi connectivity index (χ1v) is 10.7. The summed E-state index contributed by atoms with van der Waals surface area (Å²) in [5.74, 6) is -0.294. The molecule has 10 heteroatoms. The van der Waals surface area contributed by atoms with Crippen LogP contribution in [0.5, 0.6) is 0 Å². The Labute approximate surface area is 196 Å². The number of rotatable bonds is 7. The van der Waals surface area contributed by atoms with Crippen molar-refractivity contribution in [2.45, 2.75) is 20.3 Å². The smallest absolute Gasteiger partial charge is 0.273 e. The molecule has 0 spiro atoms. The first-order chi connectivity index (χ1) is 14.2. The van der Waals surface area contributed by atoms with E-state index in [1.165, 1.54) is 17.4 Å². The minimum atomic E-state index is -0.467. The molecule has 0 aliphatic heterocycles. The SMILES string of the molecule is Cc1c(C(=O)N(CCCN(C)C)c2nc3c(C)c(Cl)ccc3s2)cccc1[N+](=O)[O-].Cl. The Bertz CT molecular complexity index is 1120. The van der Waals surface area contributed by atoms with Crippen molar-refractivity contribution in [3.05, 3.63) is 62.2 Å². The molecule has 0 bridgehead atoms. The Balaban J connectivity index is 0.00000341. The third-order valence-corrected chi connectivity index (χ3v) is 6.39. The van der Waals surface area contributed by atoms with Crippen LogP contribution in [0.4, 0.5) is 10.8 Å². The summed E-state index contributed by atoms with van der Waals surface area (Å²) in [6, 6.07) is 8.29. The highest BCUT2D eigenvalue weighted by Gasteiger charge is 2.26. The first-order valence-electron chi connectivity index (χ1n) is 9.47. The van der Waals surface area contributed by atoms with Crippen LogP contribution in [0.25, 0.3) is 10.2 Å². The van der Waals surface area contributed by atoms with Crippen LogP contribution in [0.3, 0.4) is 0 Å². The number of nitro benzene ring substituents is 1. The lowest BCUT2D eigenvalue weighted by Crippen LogP contribution is -2.34. The Kier molecular flexibility index (Phi) is 8.36. The summed E-state index contributed by atoms with van der Waals surface area (Å²) in [6.07, 6.45) is 0.738. The van der Waals surface area contributed by atoms with E-state index >= 15 is 0 Å². The lowest BCUT2D eigenvalue weighted by molar-refractivity contribution is -0.385. The molecule has 3 rings (SSSR count). The minimum absolute atomic E-state index is 0. The van der Waals surface area contributed by atoms with Crippen molar-refractivity contribution in [1.82, 2.24) is 9.88 Å². The molecule has 0 saturated heterocycles. The van der Waals surface area contributed by atoms with Gasteiger partial charge in [0.1, 0.15) is 0 Å². The second-order valence-corrected chi connectivity index (χ2v) is 8.75. The van der Waals surface area contributed by atoms with Crippen molar-refractivity contribution < 1.29 is 9.72 Å². The number of thiazole rings is 1. The predicted octanol–water partition coefficient (Wildman–Crippen LogP) is 5.50. The van der Waals surface area contributed by atoms with Gasteiger partial charge in [-0.3, -0.25) is 19.8 Å². The molecule has 0 N–H and O–H groups in total. The summed E-state index contributed by atoms with van der Waals surface area (Å²) in [7, 11) is 3.94. The van der Waals surface area contributed by atoms with Crippen molar-refractivity contribution >= 4 is 62.3 Å². The van der Waals surface area contributed by atoms with Gasteiger partial charge in [0.2, 0.25) is 0 Å². The van der Waals surface area contributed by atoms with E-state index in [2.05, 4.69) is 0 Å². The van der Waals surface area contributed by atoms with Crippen molar-refractivity contribution in [3.8, 4) is 0 Å². The number of carbonyl (C=O) groups excluding carboxylic acids is 1. The third kappa shape index (κ3) is 5.33. The van der Waals surface area contributed by atoms with Crippen LogP contribution in [-0.2, 0) is 0 Å². The number of hydrogen-bond acceptors (Lipinski definition) is 6. The molecule has 1 heterocycles. The number of amides is 1. The Morgan fingerprint density at radius 1 is 1.16 bits per heavy atom. The van der Waals surface area contributed by atoms with E-state index in [1.807, 2.05) is 38.1 Å². The van der Waals surface area contributed by atoms with Gasteiger partial charge in [-0.1, -0.05) is 29.0 Å². The summed E-state index contributed by atoms with van der Waals surface area (Å²) in [4.78, 5) is 32.7. The molecule has 166 valence electrons. The summed E-state index contributed by atoms with van der Waals surface area (Å²) in [5.41, 5.74) is 2.22. The molecule has 0 aliphatic rings. The second kappa shape index (κ2) is 10.4. The number of aryl methyl sites for hydroxylation is 1. The van der Waals surface area contributed by atoms with Crippen LogP contribution in [-0.4, -0.2) is 47.9 Å². The number of aromatic nitrogens is 1. The molecule has 7 nitrogen and oxygen atoms in total. The van der Waals surface area contributed by atoms with Gasteiger partial charge in [0.25, 0.3) is 11.6 Å². The van der Waals surface area contributed by atoms with Crippen LogP contribution in [0, 0.1) is 24.0 Å². The number of nitrogens with zero attached hydrogens (tertiary/aromatic N) is 4. The molecular weight excluding hydrogens is 459 g/mol. The lowest BCUT2D eigenvalue weighted by atomic mass is 10.1. The van der Waals surface area contributed by atoms with E-state index in [-0.39, 0.29) is 24.0 Å². The number of halogens is 2. The van der Waals surface area contributed by atoms with Gasteiger partial charge in [-0.2, -0.15) is 0 Å². The highest BCUT2D eigenvalue weighted by Crippen LogP contribution is 2.34. The van der Waals surface area contributed by atoms with Gasteiger partial charge in [-0.05, 0) is 64.7 Å². The van der Waals surface area contributed by atoms with E-state index in [4.69, 9.17) is 16.6 Å². The van der Waals surface area contributed by atoms with Crippen molar-refractivity contribution in [2.75, 3.05) is 32.1 Å². The molecule has 0 aliphatic carbocycles. The number of fused-ring (bicyclic) bond motifs is 1. The van der Waals surface area contributed by atoms with Crippen molar-refractivity contribution in [3.63, 3.8) is 0 Å². The van der Waals surface area contributed by atoms with Crippen LogP contribution < -0.4 is 4.90 Å². The molecular formula is C21H24Cl2N4O3S. The zero-order valence-corrected chi connectivity index (χ0v) is 20.1. The molecule has 0 fully saturated rings. The summed E-state index contributed by atoms with van der Waals surface area (Å²) in [6.45, 7) is 4.75. The topological polar surface area (TPSA) is 79.6 Å². The minimum Gasteiger partial charge on any atom is -0.309 e. The summed E-state index contributed by atoms with van der Waals surface area (Å²) in [5, 5.41) is 12.5. The fraction of sp³-hybridized carbons (Fsp3) is 0.333. The van der Waals surface area contributed by atoms with E-state index in [0.29, 0.717) is 27.8 Å². The molecule has 1 aromatic heterocycles. The first kappa shape index (κ1) is 25.0. The van der Waals surface area contributed by atoms with Gasteiger partial charge in [0, 0.05) is 28.8 Å². The summed E-state index contributed by atoms with van der Waals surface area (Å²) >= 11 is 7.65. The average molecular weight is 483 g/mol. The molecule has 0 radical (unpaired) electrons. The number of hydrogen-bond donors (Lipinski definition) is 0. The van der Waals surface area contributed by atoms with E-state index < -0.39 is 4.92 Å². The maximum Gasteiger partial charge on any atom is 0.273 e. The fourth-order valence-electron chi connectivity index (χ4n) is 3.23. The molecule has 2 aromatic carbocycles. The normalized spacial score (nSPS) is 10.9. The number of carbonyl (C=O) groups is 1. The van der Waals surface area contributed by atoms with Gasteiger partial charge in [-0.25, -0.2) is 4.98 Å². The van der Waals surface area contributed by atoms with Crippen molar-refractivity contribution in [1.29, 1.82) is 0 Å². The highest BCUT2D eigenvalue weighted by atomic mass is 35.5. The molecule has 1 amide bonds. The van der Waals surface area contributed by atoms with E-state index in [0.717, 1.165) is 28.7 Å². The monoisotopic (exact) mass is 482 g/mol. The summed E-state index contributed by atoms with van der Waals surface area (Å²) < 4.78 is 0.938. The van der Waals surface area contributed by atoms with Gasteiger partial charge < -0.3 is 4.90 Å². The molecule has 3 aromatic rings. The van der Waals surface area contributed by atoms with Crippen LogP contribution in [0.1, 0.15) is 27.9 Å². The zero-order valence-electron chi connectivity index (χ0n) is 17.7. The quantitative estimate of drug-likeness (QED) is 0.328. The number of anilines is 1. The maximum atomic E-state index is 13.5. The van der Waals surface area contributed by atoms with Crippen LogP contribution >= 0.6 is 35.3 Å². The molecule has 0 atom stereocenters. The number of nitro groups is 1. The van der Waals surface area contributed by atoms with Crippen molar-refractivity contribution in [2.24, 2.45) is 0 Å². The highest BCUT2D eigenvalue weighted by molar-refractivity contribution is 7.22. The molecule has 31 heavy (non-hydrogen) atoms. The predicted molar refractivity (Wildman–Crippen MR) is 129 cm³/mol. The third-order valence-electron chi connectivity index (χ3n) is 4.93. The fourth-order valence-corrected chi connectivity index (χ4v) is 4.43. The Hall–Kier alpha value is -2.26. The average Bonchev–Trinajstić information content (AvgIpc) is 3.12.